The molecule has 3 aromatic rings. The lowest BCUT2D eigenvalue weighted by Crippen LogP contribution is -2.15. The van der Waals surface area contributed by atoms with Crippen LogP contribution in [0.3, 0.4) is 0 Å². The van der Waals surface area contributed by atoms with Crippen molar-refractivity contribution in [1.82, 2.24) is 9.97 Å². The molecule has 5 nitrogen and oxygen atoms in total. The first kappa shape index (κ1) is 21.7. The molecule has 0 saturated heterocycles. The van der Waals surface area contributed by atoms with Gasteiger partial charge in [-0.3, -0.25) is 4.79 Å². The van der Waals surface area contributed by atoms with E-state index in [9.17, 15) is 31.1 Å². The third kappa shape index (κ3) is 5.53. The van der Waals surface area contributed by atoms with E-state index in [1.54, 1.807) is 0 Å². The van der Waals surface area contributed by atoms with Crippen molar-refractivity contribution in [3.8, 4) is 11.5 Å². The summed E-state index contributed by atoms with van der Waals surface area (Å²) in [5.41, 5.74) is -2.07. The van der Waals surface area contributed by atoms with E-state index in [2.05, 4.69) is 15.3 Å². The number of anilines is 1. The van der Waals surface area contributed by atoms with E-state index in [0.29, 0.717) is 11.8 Å². The van der Waals surface area contributed by atoms with Crippen molar-refractivity contribution in [3.05, 3.63) is 60.0 Å². The second-order valence-corrected chi connectivity index (χ2v) is 6.75. The summed E-state index contributed by atoms with van der Waals surface area (Å²) in [5.74, 6) is -0.917. The first-order valence-corrected chi connectivity index (χ1v) is 9.11. The minimum atomic E-state index is -4.73. The van der Waals surface area contributed by atoms with Crippen LogP contribution in [0.5, 0.6) is 0 Å². The van der Waals surface area contributed by atoms with Gasteiger partial charge in [0, 0.05) is 5.69 Å². The maximum atomic E-state index is 13.1. The first-order valence-electron chi connectivity index (χ1n) is 8.12. The zero-order chi connectivity index (χ0) is 21.9. The number of amides is 1. The number of carbonyl (C=O) groups excluding carboxylic acids is 1. The van der Waals surface area contributed by atoms with Crippen LogP contribution in [0.15, 0.2) is 58.3 Å². The van der Waals surface area contributed by atoms with Crippen LogP contribution in [0, 0.1) is 0 Å². The average molecular weight is 447 g/mol. The molecule has 2 heterocycles. The van der Waals surface area contributed by atoms with Gasteiger partial charge >= 0.3 is 12.4 Å². The topological polar surface area (TPSA) is 68.0 Å². The van der Waals surface area contributed by atoms with Crippen molar-refractivity contribution in [3.63, 3.8) is 0 Å². The highest BCUT2D eigenvalue weighted by atomic mass is 32.2. The summed E-state index contributed by atoms with van der Waals surface area (Å²) in [5, 5.41) is 2.05. The Morgan fingerprint density at radius 1 is 1.00 bits per heavy atom. The van der Waals surface area contributed by atoms with Crippen LogP contribution in [0.4, 0.5) is 32.0 Å². The summed E-state index contributed by atoms with van der Waals surface area (Å²) >= 11 is 0.641. The maximum absolute atomic E-state index is 13.1. The third-order valence-corrected chi connectivity index (χ3v) is 4.45. The van der Waals surface area contributed by atoms with Gasteiger partial charge in [-0.15, -0.1) is 0 Å². The molecule has 3 rings (SSSR count). The number of rotatable bonds is 5. The number of alkyl halides is 6. The summed E-state index contributed by atoms with van der Waals surface area (Å²) in [7, 11) is 0. The van der Waals surface area contributed by atoms with Crippen molar-refractivity contribution < 1.29 is 35.6 Å². The van der Waals surface area contributed by atoms with E-state index < -0.39 is 29.5 Å². The van der Waals surface area contributed by atoms with Gasteiger partial charge in [0.25, 0.3) is 0 Å². The molecule has 0 saturated carbocycles. The van der Waals surface area contributed by atoms with Gasteiger partial charge in [-0.2, -0.15) is 26.3 Å². The monoisotopic (exact) mass is 447 g/mol. The van der Waals surface area contributed by atoms with Crippen LogP contribution in [-0.2, 0) is 17.1 Å². The van der Waals surface area contributed by atoms with Crippen molar-refractivity contribution >= 4 is 23.4 Å². The van der Waals surface area contributed by atoms with Crippen LogP contribution in [-0.4, -0.2) is 21.6 Å². The van der Waals surface area contributed by atoms with E-state index in [1.165, 1.54) is 18.4 Å². The molecule has 30 heavy (non-hydrogen) atoms. The van der Waals surface area contributed by atoms with Gasteiger partial charge in [0.2, 0.25) is 5.91 Å². The first-order chi connectivity index (χ1) is 14.0. The molecule has 0 spiro atoms. The van der Waals surface area contributed by atoms with Crippen LogP contribution in [0.1, 0.15) is 11.3 Å². The molecule has 0 aliphatic carbocycles. The summed E-state index contributed by atoms with van der Waals surface area (Å²) in [6.45, 7) is 0. The van der Waals surface area contributed by atoms with Gasteiger partial charge in [0.15, 0.2) is 10.9 Å². The lowest BCUT2D eigenvalue weighted by atomic mass is 10.2. The number of benzene rings is 1. The number of carbonyl (C=O) groups is 1. The van der Waals surface area contributed by atoms with E-state index in [-0.39, 0.29) is 28.1 Å². The summed E-state index contributed by atoms with van der Waals surface area (Å²) in [4.78, 5) is 19.4. The number of nitrogens with zero attached hydrogens (tertiary/aromatic N) is 2. The van der Waals surface area contributed by atoms with E-state index in [4.69, 9.17) is 4.42 Å². The third-order valence-electron chi connectivity index (χ3n) is 3.60. The standard InChI is InChI=1S/C18H11F6N3O2S/c19-17(20,21)10-3-5-11(6-4-10)25-15(28)9-30-16-26-12(13-2-1-7-29-13)8-14(27-16)18(22,23)24/h1-8H,9H2,(H,25,28). The molecule has 0 aliphatic heterocycles. The number of hydrogen-bond acceptors (Lipinski definition) is 5. The van der Waals surface area contributed by atoms with Gasteiger partial charge in [0.05, 0.1) is 17.6 Å². The highest BCUT2D eigenvalue weighted by Gasteiger charge is 2.34. The Bertz CT molecular complexity index is 1020. The van der Waals surface area contributed by atoms with Gasteiger partial charge in [0.1, 0.15) is 11.4 Å². The highest BCUT2D eigenvalue weighted by molar-refractivity contribution is 7.99. The molecule has 12 heteroatoms. The van der Waals surface area contributed by atoms with E-state index in [0.717, 1.165) is 30.3 Å². The largest absolute Gasteiger partial charge is 0.463 e. The van der Waals surface area contributed by atoms with Gasteiger partial charge in [-0.05, 0) is 42.5 Å². The van der Waals surface area contributed by atoms with Crippen molar-refractivity contribution in [1.29, 1.82) is 0 Å². The SMILES string of the molecule is O=C(CSc1nc(-c2ccco2)cc(C(F)(F)F)n1)Nc1ccc(C(F)(F)F)cc1. The molecule has 2 aromatic heterocycles. The predicted octanol–water partition coefficient (Wildman–Crippen LogP) is 5.51. The molecule has 0 fully saturated rings. The molecule has 1 amide bonds. The lowest BCUT2D eigenvalue weighted by Gasteiger charge is -2.10. The molecule has 0 radical (unpaired) electrons. The van der Waals surface area contributed by atoms with Gasteiger partial charge in [-0.1, -0.05) is 11.8 Å². The molecule has 0 unspecified atom stereocenters. The maximum Gasteiger partial charge on any atom is 0.433 e. The Morgan fingerprint density at radius 2 is 1.70 bits per heavy atom. The second-order valence-electron chi connectivity index (χ2n) is 5.81. The number of thioether (sulfide) groups is 1. The summed E-state index contributed by atoms with van der Waals surface area (Å²) < 4.78 is 82.0. The number of halogens is 6. The normalized spacial score (nSPS) is 12.1. The molecule has 0 bridgehead atoms. The zero-order valence-corrected chi connectivity index (χ0v) is 15.5. The molecular formula is C18H11F6N3O2S. The quantitative estimate of drug-likeness (QED) is 0.318. The molecular weight excluding hydrogens is 436 g/mol. The predicted molar refractivity (Wildman–Crippen MR) is 95.5 cm³/mol. The smallest absolute Gasteiger partial charge is 0.433 e. The van der Waals surface area contributed by atoms with Crippen molar-refractivity contribution in [2.75, 3.05) is 11.1 Å². The van der Waals surface area contributed by atoms with Gasteiger partial charge in [-0.25, -0.2) is 9.97 Å². The Kier molecular flexibility index (Phi) is 6.06. The fourth-order valence-electron chi connectivity index (χ4n) is 2.26. The fourth-order valence-corrected chi connectivity index (χ4v) is 2.91. The summed E-state index contributed by atoms with van der Waals surface area (Å²) in [6, 6.07) is 7.37. The molecule has 0 atom stereocenters. The Hall–Kier alpha value is -3.02. The molecule has 0 aliphatic rings. The summed E-state index contributed by atoms with van der Waals surface area (Å²) in [6.07, 6.45) is -7.97. The lowest BCUT2D eigenvalue weighted by molar-refractivity contribution is -0.141. The van der Waals surface area contributed by atoms with E-state index >= 15 is 0 Å². The Balaban J connectivity index is 1.70. The second kappa shape index (κ2) is 8.38. The molecule has 1 aromatic carbocycles. The number of hydrogen-bond donors (Lipinski definition) is 1. The van der Waals surface area contributed by atoms with Crippen LogP contribution >= 0.6 is 11.8 Å². The average Bonchev–Trinajstić information content (AvgIpc) is 3.20. The fraction of sp³-hybridized carbons (Fsp3) is 0.167. The van der Waals surface area contributed by atoms with E-state index in [1.807, 2.05) is 0 Å². The van der Waals surface area contributed by atoms with Crippen LogP contribution in [0.2, 0.25) is 0 Å². The molecule has 1 N–H and O–H groups in total. The van der Waals surface area contributed by atoms with Crippen molar-refractivity contribution in [2.45, 2.75) is 17.5 Å². The minimum absolute atomic E-state index is 0.0963. The Labute approximate surface area is 169 Å². The van der Waals surface area contributed by atoms with Gasteiger partial charge < -0.3 is 9.73 Å². The highest BCUT2D eigenvalue weighted by Crippen LogP contribution is 2.32. The number of aromatic nitrogens is 2. The van der Waals surface area contributed by atoms with Crippen LogP contribution in [0.25, 0.3) is 11.5 Å². The molecule has 158 valence electrons. The number of furan rings is 1. The van der Waals surface area contributed by atoms with Crippen LogP contribution < -0.4 is 5.32 Å². The minimum Gasteiger partial charge on any atom is -0.463 e. The number of nitrogens with one attached hydrogen (secondary N) is 1. The van der Waals surface area contributed by atoms with Crippen molar-refractivity contribution in [2.24, 2.45) is 0 Å². The zero-order valence-electron chi connectivity index (χ0n) is 14.7. The Morgan fingerprint density at radius 3 is 2.27 bits per heavy atom.